The molecule has 0 saturated heterocycles. The van der Waals surface area contributed by atoms with Gasteiger partial charge in [0.2, 0.25) is 0 Å². The van der Waals surface area contributed by atoms with Crippen molar-refractivity contribution in [2.75, 3.05) is 19.5 Å². The molecule has 0 bridgehead atoms. The maximum Gasteiger partial charge on any atom is 0.269 e. The number of hydrogen-bond acceptors (Lipinski definition) is 6. The molecule has 5 N–H and O–H groups in total. The summed E-state index contributed by atoms with van der Waals surface area (Å²) in [4.78, 5) is 16.8. The Bertz CT molecular complexity index is 1580. The van der Waals surface area contributed by atoms with E-state index in [1.165, 1.54) is 0 Å². The number of rotatable bonds is 8. The molecule has 1 atom stereocenters. The molecule has 0 unspecified atom stereocenters. The van der Waals surface area contributed by atoms with Gasteiger partial charge in [-0.2, -0.15) is 5.10 Å². The van der Waals surface area contributed by atoms with Crippen LogP contribution in [0.2, 0.25) is 0 Å². The van der Waals surface area contributed by atoms with Gasteiger partial charge < -0.3 is 20.9 Å². The molecule has 0 saturated carbocycles. The van der Waals surface area contributed by atoms with Crippen LogP contribution in [0.4, 0.5) is 5.69 Å². The van der Waals surface area contributed by atoms with Crippen LogP contribution in [-0.2, 0) is 4.74 Å². The standard InChI is InChI=1S/C29H27N5O3/c1-17-11-12-23-22(15-32-34-23)26(17)21-14-24(33-28(27(21)30)29(31)35)19-9-6-10-20(13-19)37-16-25(36-2)18-7-4-3-5-8-18/h3-15,25H,16,30H2,1-2H3,(H2,31,35)(H,32,34)/t25-/m0/s1. The Kier molecular flexibility index (Phi) is 6.57. The number of nitrogens with one attached hydrogen (secondary N) is 1. The van der Waals surface area contributed by atoms with Gasteiger partial charge in [-0.1, -0.05) is 48.5 Å². The third-order valence-electron chi connectivity index (χ3n) is 6.38. The Morgan fingerprint density at radius 2 is 1.86 bits per heavy atom. The van der Waals surface area contributed by atoms with Crippen LogP contribution in [0, 0.1) is 6.92 Å². The summed E-state index contributed by atoms with van der Waals surface area (Å²) < 4.78 is 11.7. The first-order valence-corrected chi connectivity index (χ1v) is 11.8. The Morgan fingerprint density at radius 1 is 1.05 bits per heavy atom. The maximum atomic E-state index is 12.3. The molecule has 0 spiro atoms. The molecule has 0 aliphatic heterocycles. The van der Waals surface area contributed by atoms with Crippen molar-refractivity contribution in [3.05, 3.63) is 95.8 Å². The van der Waals surface area contributed by atoms with Crippen LogP contribution in [0.25, 0.3) is 33.3 Å². The van der Waals surface area contributed by atoms with Crippen molar-refractivity contribution in [2.24, 2.45) is 5.73 Å². The predicted octanol–water partition coefficient (Wildman–Crippen LogP) is 5.05. The number of fused-ring (bicyclic) bond motifs is 1. The number of benzene rings is 3. The van der Waals surface area contributed by atoms with Gasteiger partial charge in [0, 0.05) is 23.6 Å². The summed E-state index contributed by atoms with van der Waals surface area (Å²) in [6.45, 7) is 2.32. The molecule has 2 aromatic heterocycles. The van der Waals surface area contributed by atoms with Crippen LogP contribution in [-0.4, -0.2) is 34.8 Å². The smallest absolute Gasteiger partial charge is 0.269 e. The number of methoxy groups -OCH3 is 1. The van der Waals surface area contributed by atoms with Gasteiger partial charge in [0.1, 0.15) is 18.5 Å². The highest BCUT2D eigenvalue weighted by molar-refractivity contribution is 6.05. The molecule has 1 amide bonds. The van der Waals surface area contributed by atoms with Gasteiger partial charge in [0.05, 0.1) is 23.1 Å². The van der Waals surface area contributed by atoms with Gasteiger partial charge in [-0.05, 0) is 47.9 Å². The summed E-state index contributed by atoms with van der Waals surface area (Å²) in [6.07, 6.45) is 1.53. The number of aromatic nitrogens is 3. The number of primary amides is 1. The minimum Gasteiger partial charge on any atom is -0.490 e. The van der Waals surface area contributed by atoms with E-state index >= 15 is 0 Å². The largest absolute Gasteiger partial charge is 0.490 e. The van der Waals surface area contributed by atoms with E-state index in [0.29, 0.717) is 23.6 Å². The van der Waals surface area contributed by atoms with Gasteiger partial charge in [0.15, 0.2) is 5.69 Å². The van der Waals surface area contributed by atoms with E-state index in [2.05, 4.69) is 15.2 Å². The van der Waals surface area contributed by atoms with E-state index in [1.807, 2.05) is 79.7 Å². The van der Waals surface area contributed by atoms with Crippen molar-refractivity contribution in [1.29, 1.82) is 0 Å². The Balaban J connectivity index is 1.54. The monoisotopic (exact) mass is 493 g/mol. The number of carbonyl (C=O) groups excluding carboxylic acids is 1. The number of hydrogen-bond donors (Lipinski definition) is 3. The molecular formula is C29H27N5O3. The number of H-pyrrole nitrogens is 1. The zero-order valence-electron chi connectivity index (χ0n) is 20.6. The van der Waals surface area contributed by atoms with Crippen LogP contribution in [0.5, 0.6) is 5.75 Å². The number of carbonyl (C=O) groups is 1. The summed E-state index contributed by atoms with van der Waals surface area (Å²) in [5, 5.41) is 8.05. The van der Waals surface area contributed by atoms with Gasteiger partial charge in [-0.15, -0.1) is 0 Å². The van der Waals surface area contributed by atoms with E-state index in [0.717, 1.165) is 33.2 Å². The van der Waals surface area contributed by atoms with Crippen molar-refractivity contribution in [3.63, 3.8) is 0 Å². The summed E-state index contributed by atoms with van der Waals surface area (Å²) in [5.41, 5.74) is 18.1. The van der Waals surface area contributed by atoms with Crippen molar-refractivity contribution < 1.29 is 14.3 Å². The predicted molar refractivity (Wildman–Crippen MR) is 144 cm³/mol. The third-order valence-corrected chi connectivity index (χ3v) is 6.38. The molecule has 5 rings (SSSR count). The molecule has 37 heavy (non-hydrogen) atoms. The van der Waals surface area contributed by atoms with Crippen molar-refractivity contribution in [3.8, 4) is 28.1 Å². The number of ether oxygens (including phenoxy) is 2. The topological polar surface area (TPSA) is 129 Å². The molecule has 5 aromatic rings. The first kappa shape index (κ1) is 24.0. The highest BCUT2D eigenvalue weighted by Gasteiger charge is 2.20. The van der Waals surface area contributed by atoms with Gasteiger partial charge in [-0.25, -0.2) is 4.98 Å². The fourth-order valence-electron chi connectivity index (χ4n) is 4.47. The minimum atomic E-state index is -0.698. The normalized spacial score (nSPS) is 11.9. The zero-order valence-corrected chi connectivity index (χ0v) is 20.6. The van der Waals surface area contributed by atoms with E-state index in [-0.39, 0.29) is 17.5 Å². The summed E-state index contributed by atoms with van der Waals surface area (Å²) >= 11 is 0. The maximum absolute atomic E-state index is 12.3. The van der Waals surface area contributed by atoms with Crippen LogP contribution >= 0.6 is 0 Å². The fourth-order valence-corrected chi connectivity index (χ4v) is 4.47. The Hall–Kier alpha value is -4.69. The number of nitrogens with two attached hydrogens (primary N) is 2. The molecular weight excluding hydrogens is 466 g/mol. The van der Waals surface area contributed by atoms with E-state index in [9.17, 15) is 4.79 Å². The molecule has 0 radical (unpaired) electrons. The van der Waals surface area contributed by atoms with Crippen molar-refractivity contribution in [1.82, 2.24) is 15.2 Å². The second-order valence-electron chi connectivity index (χ2n) is 8.74. The summed E-state index contributed by atoms with van der Waals surface area (Å²) in [5.74, 6) is -0.0554. The zero-order chi connectivity index (χ0) is 25.9. The van der Waals surface area contributed by atoms with E-state index < -0.39 is 5.91 Å². The molecule has 8 nitrogen and oxygen atoms in total. The quantitative estimate of drug-likeness (QED) is 0.277. The van der Waals surface area contributed by atoms with Gasteiger partial charge in [0.25, 0.3) is 5.91 Å². The molecule has 186 valence electrons. The van der Waals surface area contributed by atoms with Gasteiger partial charge in [-0.3, -0.25) is 9.89 Å². The second kappa shape index (κ2) is 10.1. The fraction of sp³-hybridized carbons (Fsp3) is 0.138. The Labute approximate surface area is 214 Å². The highest BCUT2D eigenvalue weighted by atomic mass is 16.5. The molecule has 0 aliphatic rings. The Morgan fingerprint density at radius 3 is 2.62 bits per heavy atom. The number of anilines is 1. The first-order valence-electron chi connectivity index (χ1n) is 11.8. The number of aromatic amines is 1. The summed E-state index contributed by atoms with van der Waals surface area (Å²) in [6, 6.07) is 23.2. The lowest BCUT2D eigenvalue weighted by Gasteiger charge is -2.17. The van der Waals surface area contributed by atoms with Crippen LogP contribution in [0.15, 0.2) is 79.0 Å². The molecule has 3 aromatic carbocycles. The third kappa shape index (κ3) is 4.74. The molecule has 2 heterocycles. The lowest BCUT2D eigenvalue weighted by Crippen LogP contribution is -2.17. The second-order valence-corrected chi connectivity index (χ2v) is 8.74. The lowest BCUT2D eigenvalue weighted by molar-refractivity contribution is 0.0576. The number of nitrogens with zero attached hydrogens (tertiary/aromatic N) is 2. The molecule has 8 heteroatoms. The van der Waals surface area contributed by atoms with Crippen LogP contribution in [0.3, 0.4) is 0 Å². The van der Waals surface area contributed by atoms with E-state index in [1.54, 1.807) is 13.3 Å². The highest BCUT2D eigenvalue weighted by Crippen LogP contribution is 2.38. The molecule has 0 fully saturated rings. The minimum absolute atomic E-state index is 0.0160. The number of pyridine rings is 1. The van der Waals surface area contributed by atoms with Crippen molar-refractivity contribution >= 4 is 22.5 Å². The first-order chi connectivity index (χ1) is 18.0. The average molecular weight is 494 g/mol. The lowest BCUT2D eigenvalue weighted by atomic mass is 9.94. The summed E-state index contributed by atoms with van der Waals surface area (Å²) in [7, 11) is 1.66. The van der Waals surface area contributed by atoms with Gasteiger partial charge >= 0.3 is 0 Å². The average Bonchev–Trinajstić information content (AvgIpc) is 3.39. The number of amides is 1. The van der Waals surface area contributed by atoms with E-state index in [4.69, 9.17) is 20.9 Å². The number of nitrogen functional groups attached to an aromatic ring is 1. The van der Waals surface area contributed by atoms with Crippen LogP contribution in [0.1, 0.15) is 27.7 Å². The molecule has 0 aliphatic carbocycles. The van der Waals surface area contributed by atoms with Crippen LogP contribution < -0.4 is 16.2 Å². The SMILES string of the molecule is CO[C@@H](COc1cccc(-c2cc(-c3c(C)ccc4[nH]ncc34)c(N)c(C(N)=O)n2)c1)c1ccccc1. The van der Waals surface area contributed by atoms with Crippen molar-refractivity contribution in [2.45, 2.75) is 13.0 Å². The number of aryl methyl sites for hydroxylation is 1.